The van der Waals surface area contributed by atoms with Gasteiger partial charge in [0, 0.05) is 11.0 Å². The van der Waals surface area contributed by atoms with Gasteiger partial charge in [-0.05, 0) is 59.8 Å². The zero-order chi connectivity index (χ0) is 25.7. The fourth-order valence-electron chi connectivity index (χ4n) is 4.52. The number of hydrogen-bond acceptors (Lipinski definition) is 0. The van der Waals surface area contributed by atoms with Crippen molar-refractivity contribution >= 4 is 11.0 Å². The van der Waals surface area contributed by atoms with Crippen LogP contribution in [-0.4, -0.2) is 4.57 Å². The zero-order valence-electron chi connectivity index (χ0n) is 22.6. The molecule has 1 aromatic heterocycles. The third kappa shape index (κ3) is 3.33. The number of nitrogens with zero attached hydrogens (tertiary/aromatic N) is 2. The average Bonchev–Trinajstić information content (AvgIpc) is 3.15. The first-order valence-electron chi connectivity index (χ1n) is 12.9. The molecule has 2 heteroatoms. The van der Waals surface area contributed by atoms with E-state index in [9.17, 15) is 0 Å². The Balaban J connectivity index is 1.88. The van der Waals surface area contributed by atoms with E-state index in [0.717, 1.165) is 39.1 Å². The fraction of sp³-hybridized carbons (Fsp3) is 0.167. The van der Waals surface area contributed by atoms with Crippen molar-refractivity contribution in [2.24, 2.45) is 7.05 Å². The number of imidazole rings is 1. The van der Waals surface area contributed by atoms with Crippen LogP contribution in [0.1, 0.15) is 36.3 Å². The first-order chi connectivity index (χ1) is 17.1. The van der Waals surface area contributed by atoms with Crippen molar-refractivity contribution in [2.75, 3.05) is 0 Å². The summed E-state index contributed by atoms with van der Waals surface area (Å²) >= 11 is 0. The van der Waals surface area contributed by atoms with E-state index < -0.39 is 12.7 Å². The van der Waals surface area contributed by atoms with Gasteiger partial charge >= 0.3 is 0 Å². The normalized spacial score (nSPS) is 15.5. The molecule has 1 heterocycles. The van der Waals surface area contributed by atoms with E-state index in [-0.39, 0.29) is 0 Å². The number of aromatic nitrogens is 2. The van der Waals surface area contributed by atoms with E-state index in [2.05, 4.69) is 58.5 Å². The second kappa shape index (κ2) is 8.12. The lowest BCUT2D eigenvalue weighted by Gasteiger charge is -2.12. The quantitative estimate of drug-likeness (QED) is 0.271. The lowest BCUT2D eigenvalue weighted by Crippen LogP contribution is -2.34. The fourth-order valence-corrected chi connectivity index (χ4v) is 4.52. The summed E-state index contributed by atoms with van der Waals surface area (Å²) < 4.78 is 37.5. The lowest BCUT2D eigenvalue weighted by atomic mass is 10.0. The van der Waals surface area contributed by atoms with Gasteiger partial charge in [-0.15, -0.1) is 0 Å². The minimum Gasteiger partial charge on any atom is -0.225 e. The topological polar surface area (TPSA) is 8.81 Å². The molecule has 0 fully saturated rings. The maximum atomic E-state index is 8.90. The lowest BCUT2D eigenvalue weighted by molar-refractivity contribution is -0.556. The van der Waals surface area contributed by atoms with Gasteiger partial charge in [0.1, 0.15) is 5.69 Å². The predicted octanol–water partition coefficient (Wildman–Crippen LogP) is 7.22. The van der Waals surface area contributed by atoms with Crippen LogP contribution in [-0.2, 0) is 7.05 Å². The van der Waals surface area contributed by atoms with Gasteiger partial charge in [-0.2, -0.15) is 4.57 Å². The molecule has 0 aliphatic heterocycles. The highest BCUT2D eigenvalue weighted by Crippen LogP contribution is 2.31. The van der Waals surface area contributed by atoms with Gasteiger partial charge in [0.2, 0.25) is 0 Å². The Hall–Kier alpha value is -3.65. The van der Waals surface area contributed by atoms with Crippen molar-refractivity contribution in [3.63, 3.8) is 0 Å². The van der Waals surface area contributed by atoms with Crippen molar-refractivity contribution in [1.29, 1.82) is 0 Å². The van der Waals surface area contributed by atoms with Crippen LogP contribution >= 0.6 is 0 Å². The minimum atomic E-state index is -2.49. The number of benzene rings is 4. The Kier molecular flexibility index (Phi) is 4.07. The monoisotopic (exact) mass is 421 g/mol. The SMILES string of the molecule is [2H]C([2H])([2H])C([2H])(C)c1ccccc1-[n+]1c(-c2ccccc2C)n(C)c2cc(-c3ccccc3)ccc21. The van der Waals surface area contributed by atoms with Crippen LogP contribution in [0.25, 0.3) is 39.2 Å². The van der Waals surface area contributed by atoms with Crippen molar-refractivity contribution in [2.45, 2.75) is 26.6 Å². The van der Waals surface area contributed by atoms with Crippen molar-refractivity contribution < 1.29 is 10.1 Å². The first-order valence-corrected chi connectivity index (χ1v) is 10.9. The summed E-state index contributed by atoms with van der Waals surface area (Å²) in [6.45, 7) is 1.07. The Morgan fingerprint density at radius 3 is 2.34 bits per heavy atom. The Morgan fingerprint density at radius 1 is 0.844 bits per heavy atom. The molecule has 0 amide bonds. The molecule has 0 N–H and O–H groups in total. The molecular formula is C30H29N2+. The van der Waals surface area contributed by atoms with Crippen LogP contribution in [0, 0.1) is 6.92 Å². The highest BCUT2D eigenvalue weighted by molar-refractivity contribution is 5.83. The molecule has 0 bridgehead atoms. The second-order valence-electron chi connectivity index (χ2n) is 8.24. The summed E-state index contributed by atoms with van der Waals surface area (Å²) in [7, 11) is 2.04. The summed E-state index contributed by atoms with van der Waals surface area (Å²) in [5, 5.41) is 0. The van der Waals surface area contributed by atoms with Gasteiger partial charge in [-0.1, -0.05) is 80.5 Å². The van der Waals surface area contributed by atoms with E-state index in [1.165, 1.54) is 6.92 Å². The van der Waals surface area contributed by atoms with Crippen LogP contribution in [0.15, 0.2) is 97.1 Å². The molecule has 0 spiro atoms. The molecule has 1 unspecified atom stereocenters. The van der Waals surface area contributed by atoms with E-state index in [1.807, 2.05) is 55.6 Å². The molecule has 0 aliphatic rings. The van der Waals surface area contributed by atoms with Gasteiger partial charge in [0.25, 0.3) is 5.82 Å². The number of fused-ring (bicyclic) bond motifs is 1. The molecule has 0 saturated carbocycles. The van der Waals surface area contributed by atoms with Gasteiger partial charge in [-0.25, -0.2) is 4.57 Å². The van der Waals surface area contributed by atoms with Crippen molar-refractivity contribution in [3.05, 3.63) is 108 Å². The Morgan fingerprint density at radius 2 is 1.56 bits per heavy atom. The van der Waals surface area contributed by atoms with Crippen LogP contribution in [0.5, 0.6) is 0 Å². The van der Waals surface area contributed by atoms with Gasteiger partial charge in [-0.3, -0.25) is 0 Å². The highest BCUT2D eigenvalue weighted by Gasteiger charge is 2.28. The van der Waals surface area contributed by atoms with Crippen molar-refractivity contribution in [3.8, 4) is 28.2 Å². The minimum absolute atomic E-state index is 0.462. The number of hydrogen-bond donors (Lipinski definition) is 0. The van der Waals surface area contributed by atoms with Crippen LogP contribution in [0.3, 0.4) is 0 Å². The van der Waals surface area contributed by atoms with E-state index in [0.29, 0.717) is 11.3 Å². The van der Waals surface area contributed by atoms with E-state index in [4.69, 9.17) is 5.48 Å². The smallest absolute Gasteiger partial charge is 0.225 e. The summed E-state index contributed by atoms with van der Waals surface area (Å²) in [4.78, 5) is 0. The van der Waals surface area contributed by atoms with Crippen LogP contribution in [0.4, 0.5) is 0 Å². The Labute approximate surface area is 196 Å². The molecule has 158 valence electrons. The molecule has 32 heavy (non-hydrogen) atoms. The molecule has 0 radical (unpaired) electrons. The molecule has 4 aromatic carbocycles. The van der Waals surface area contributed by atoms with Gasteiger partial charge < -0.3 is 0 Å². The van der Waals surface area contributed by atoms with Gasteiger partial charge in [0.05, 0.1) is 12.6 Å². The third-order valence-electron chi connectivity index (χ3n) is 6.15. The molecule has 0 saturated heterocycles. The molecule has 5 aromatic rings. The largest absolute Gasteiger partial charge is 0.295 e. The predicted molar refractivity (Wildman–Crippen MR) is 134 cm³/mol. The average molecular weight is 422 g/mol. The molecule has 2 nitrogen and oxygen atoms in total. The maximum absolute atomic E-state index is 8.90. The molecule has 0 aliphatic carbocycles. The standard InChI is InChI=1S/C30H29N2/c1-21(2)25-15-10-11-17-27(25)32-28-19-18-24(23-13-6-5-7-14-23)20-29(28)31(4)30(32)26-16-9-8-12-22(26)3/h5-21H,1-4H3/q+1/i1D3,21D. The third-order valence-corrected chi connectivity index (χ3v) is 6.15. The number of aryl methyl sites for hydroxylation is 2. The molecule has 1 atom stereocenters. The second-order valence-corrected chi connectivity index (χ2v) is 8.24. The number of rotatable bonds is 4. The van der Waals surface area contributed by atoms with Crippen LogP contribution < -0.4 is 4.57 Å². The summed E-state index contributed by atoms with van der Waals surface area (Å²) in [5.74, 6) is -0.853. The number of para-hydroxylation sites is 1. The maximum Gasteiger partial charge on any atom is 0.295 e. The Bertz CT molecular complexity index is 1560. The highest BCUT2D eigenvalue weighted by atomic mass is 15.2. The zero-order valence-corrected chi connectivity index (χ0v) is 18.6. The van der Waals surface area contributed by atoms with E-state index in [1.54, 1.807) is 6.07 Å². The summed E-state index contributed by atoms with van der Waals surface area (Å²) in [6, 6.07) is 32.2. The molecule has 5 rings (SSSR count). The van der Waals surface area contributed by atoms with E-state index >= 15 is 0 Å². The summed E-state index contributed by atoms with van der Waals surface area (Å²) in [6.07, 6.45) is 0. The molecular weight excluding hydrogens is 388 g/mol. The first kappa shape index (κ1) is 16.0. The van der Waals surface area contributed by atoms with Gasteiger partial charge in [0.15, 0.2) is 11.0 Å². The van der Waals surface area contributed by atoms with Crippen molar-refractivity contribution in [1.82, 2.24) is 4.57 Å². The van der Waals surface area contributed by atoms with Crippen LogP contribution in [0.2, 0.25) is 0 Å². The summed E-state index contributed by atoms with van der Waals surface area (Å²) in [5.41, 5.74) is 7.52.